The highest BCUT2D eigenvalue weighted by Crippen LogP contribution is 2.30. The molecule has 0 fully saturated rings. The SMILES string of the molecule is COc1nc(NS(=O)(=O)c2c[nH]c3c(F)c(Cl)ccc23)ncc1CCC(F)F. The van der Waals surface area contributed by atoms with Gasteiger partial charge in [-0.05, 0) is 18.6 Å². The third-order valence-electron chi connectivity index (χ3n) is 3.87. The first-order chi connectivity index (χ1) is 13.2. The molecule has 0 aliphatic heterocycles. The number of methoxy groups -OCH3 is 1. The van der Waals surface area contributed by atoms with E-state index in [1.54, 1.807) is 0 Å². The van der Waals surface area contributed by atoms with Crippen LogP contribution < -0.4 is 9.46 Å². The molecule has 2 N–H and O–H groups in total. The maximum Gasteiger partial charge on any atom is 0.266 e. The first-order valence-corrected chi connectivity index (χ1v) is 9.75. The van der Waals surface area contributed by atoms with Crippen LogP contribution in [0.2, 0.25) is 5.02 Å². The third-order valence-corrected chi connectivity index (χ3v) is 5.53. The fourth-order valence-corrected chi connectivity index (χ4v) is 3.84. The average molecular weight is 435 g/mol. The summed E-state index contributed by atoms with van der Waals surface area (Å²) in [6.07, 6.45) is -0.620. The van der Waals surface area contributed by atoms with Crippen molar-refractivity contribution in [1.82, 2.24) is 15.0 Å². The Balaban J connectivity index is 1.91. The van der Waals surface area contributed by atoms with E-state index in [0.717, 1.165) is 6.20 Å². The van der Waals surface area contributed by atoms with E-state index in [2.05, 4.69) is 19.7 Å². The number of rotatable bonds is 7. The molecule has 0 radical (unpaired) electrons. The summed E-state index contributed by atoms with van der Waals surface area (Å²) in [4.78, 5) is 10.0. The molecule has 12 heteroatoms. The van der Waals surface area contributed by atoms with Crippen LogP contribution in [0.4, 0.5) is 19.1 Å². The van der Waals surface area contributed by atoms with Gasteiger partial charge < -0.3 is 9.72 Å². The molecule has 0 amide bonds. The van der Waals surface area contributed by atoms with Gasteiger partial charge in [0.05, 0.1) is 17.6 Å². The first kappa shape index (κ1) is 20.2. The molecule has 2 heterocycles. The van der Waals surface area contributed by atoms with Crippen LogP contribution in [-0.2, 0) is 16.4 Å². The Bertz CT molecular complexity index is 1120. The van der Waals surface area contributed by atoms with Gasteiger partial charge in [0.15, 0.2) is 5.82 Å². The number of benzene rings is 1. The molecule has 0 saturated heterocycles. The highest BCUT2D eigenvalue weighted by atomic mass is 35.5. The summed E-state index contributed by atoms with van der Waals surface area (Å²) in [5.41, 5.74) is 0.253. The minimum absolute atomic E-state index is 0.0231. The Morgan fingerprint density at radius 1 is 1.36 bits per heavy atom. The number of aromatic amines is 1. The Morgan fingerprint density at radius 2 is 2.11 bits per heavy atom. The van der Waals surface area contributed by atoms with Crippen molar-refractivity contribution in [3.05, 3.63) is 40.9 Å². The molecule has 7 nitrogen and oxygen atoms in total. The van der Waals surface area contributed by atoms with Crippen LogP contribution in [-0.4, -0.2) is 36.9 Å². The Morgan fingerprint density at radius 3 is 2.79 bits per heavy atom. The van der Waals surface area contributed by atoms with Gasteiger partial charge in [-0.3, -0.25) is 0 Å². The number of halogens is 4. The molecule has 150 valence electrons. The monoisotopic (exact) mass is 434 g/mol. The van der Waals surface area contributed by atoms with Crippen molar-refractivity contribution >= 4 is 38.5 Å². The van der Waals surface area contributed by atoms with Crippen LogP contribution in [0.1, 0.15) is 12.0 Å². The van der Waals surface area contributed by atoms with Gasteiger partial charge in [0.25, 0.3) is 10.0 Å². The van der Waals surface area contributed by atoms with Crippen molar-refractivity contribution in [1.29, 1.82) is 0 Å². The summed E-state index contributed by atoms with van der Waals surface area (Å²) in [6, 6.07) is 2.60. The predicted molar refractivity (Wildman–Crippen MR) is 97.0 cm³/mol. The molecular weight excluding hydrogens is 421 g/mol. The molecular formula is C16H14ClF3N4O3S. The van der Waals surface area contributed by atoms with Crippen LogP contribution in [0, 0.1) is 5.82 Å². The van der Waals surface area contributed by atoms with Crippen LogP contribution in [0.25, 0.3) is 10.9 Å². The number of ether oxygens (including phenoxy) is 1. The number of nitrogens with one attached hydrogen (secondary N) is 2. The molecule has 3 aromatic rings. The number of nitrogens with zero attached hydrogens (tertiary/aromatic N) is 2. The van der Waals surface area contributed by atoms with Crippen LogP contribution >= 0.6 is 11.6 Å². The first-order valence-electron chi connectivity index (χ1n) is 7.89. The number of anilines is 1. The maximum atomic E-state index is 14.0. The second-order valence-electron chi connectivity index (χ2n) is 5.70. The number of alkyl halides is 2. The number of hydrogen-bond acceptors (Lipinski definition) is 5. The van der Waals surface area contributed by atoms with Crippen LogP contribution in [0.5, 0.6) is 5.88 Å². The molecule has 0 atom stereocenters. The van der Waals surface area contributed by atoms with Crippen molar-refractivity contribution in [2.24, 2.45) is 0 Å². The summed E-state index contributed by atoms with van der Waals surface area (Å²) < 4.78 is 71.3. The quantitative estimate of drug-likeness (QED) is 0.590. The van der Waals surface area contributed by atoms with Gasteiger partial charge >= 0.3 is 0 Å². The zero-order valence-corrected chi connectivity index (χ0v) is 15.9. The molecule has 28 heavy (non-hydrogen) atoms. The molecule has 0 aliphatic rings. The van der Waals surface area contributed by atoms with Gasteiger partial charge in [-0.25, -0.2) is 31.3 Å². The number of hydrogen-bond donors (Lipinski definition) is 2. The van der Waals surface area contributed by atoms with E-state index in [1.165, 1.54) is 25.4 Å². The van der Waals surface area contributed by atoms with Crippen molar-refractivity contribution < 1.29 is 26.3 Å². The number of aromatic nitrogens is 3. The van der Waals surface area contributed by atoms with Crippen molar-refractivity contribution in [3.8, 4) is 5.88 Å². The van der Waals surface area contributed by atoms with E-state index in [1.807, 2.05) is 0 Å². The summed E-state index contributed by atoms with van der Waals surface area (Å²) in [5.74, 6) is -1.12. The predicted octanol–water partition coefficient (Wildman–Crippen LogP) is 3.76. The summed E-state index contributed by atoms with van der Waals surface area (Å²) >= 11 is 5.69. The molecule has 0 saturated carbocycles. The van der Waals surface area contributed by atoms with E-state index in [0.29, 0.717) is 5.56 Å². The summed E-state index contributed by atoms with van der Waals surface area (Å²) in [6.45, 7) is 0. The van der Waals surface area contributed by atoms with E-state index in [4.69, 9.17) is 16.3 Å². The van der Waals surface area contributed by atoms with E-state index < -0.39 is 28.7 Å². The molecule has 0 spiro atoms. The largest absolute Gasteiger partial charge is 0.481 e. The van der Waals surface area contributed by atoms with E-state index >= 15 is 0 Å². The zero-order chi connectivity index (χ0) is 20.5. The third kappa shape index (κ3) is 3.99. The molecule has 0 bridgehead atoms. The Hall–Kier alpha value is -2.53. The highest BCUT2D eigenvalue weighted by Gasteiger charge is 2.23. The number of sulfonamides is 1. The van der Waals surface area contributed by atoms with Gasteiger partial charge in [-0.1, -0.05) is 11.6 Å². The zero-order valence-electron chi connectivity index (χ0n) is 14.3. The fourth-order valence-electron chi connectivity index (χ4n) is 2.56. The average Bonchev–Trinajstić information content (AvgIpc) is 3.09. The lowest BCUT2D eigenvalue weighted by Crippen LogP contribution is -2.15. The molecule has 2 aromatic heterocycles. The second-order valence-corrected chi connectivity index (χ2v) is 7.76. The normalized spacial score (nSPS) is 11.9. The van der Waals surface area contributed by atoms with Crippen LogP contribution in [0.15, 0.2) is 29.4 Å². The Labute approximate surface area is 163 Å². The van der Waals surface area contributed by atoms with Gasteiger partial charge in [0.1, 0.15) is 4.90 Å². The molecule has 0 unspecified atom stereocenters. The van der Waals surface area contributed by atoms with Crippen molar-refractivity contribution in [2.45, 2.75) is 24.2 Å². The minimum Gasteiger partial charge on any atom is -0.481 e. The fraction of sp³-hybridized carbons (Fsp3) is 0.250. The van der Waals surface area contributed by atoms with Crippen molar-refractivity contribution in [3.63, 3.8) is 0 Å². The maximum absolute atomic E-state index is 14.0. The molecule has 3 rings (SSSR count). The number of aryl methyl sites for hydroxylation is 1. The van der Waals surface area contributed by atoms with Gasteiger partial charge in [-0.2, -0.15) is 4.98 Å². The standard InChI is InChI=1S/C16H14ClF3N4O3S/c1-27-15-8(2-5-12(18)19)6-22-16(23-15)24-28(25,26)11-7-21-14-9(11)3-4-10(17)13(14)20/h3-4,6-7,12,21H,2,5H2,1H3,(H,22,23,24). The lowest BCUT2D eigenvalue weighted by atomic mass is 10.2. The van der Waals surface area contributed by atoms with Gasteiger partial charge in [0, 0.05) is 29.8 Å². The van der Waals surface area contributed by atoms with Crippen LogP contribution in [0.3, 0.4) is 0 Å². The topological polar surface area (TPSA) is 97.0 Å². The van der Waals surface area contributed by atoms with Crippen molar-refractivity contribution in [2.75, 3.05) is 11.8 Å². The minimum atomic E-state index is -4.18. The smallest absolute Gasteiger partial charge is 0.266 e. The van der Waals surface area contributed by atoms with E-state index in [9.17, 15) is 21.6 Å². The summed E-state index contributed by atoms with van der Waals surface area (Å²) in [7, 11) is -2.90. The number of fused-ring (bicyclic) bond motifs is 1. The van der Waals surface area contributed by atoms with Gasteiger partial charge in [0.2, 0.25) is 18.3 Å². The highest BCUT2D eigenvalue weighted by molar-refractivity contribution is 7.93. The molecule has 1 aromatic carbocycles. The Kier molecular flexibility index (Phi) is 5.66. The molecule has 0 aliphatic carbocycles. The van der Waals surface area contributed by atoms with Gasteiger partial charge in [-0.15, -0.1) is 0 Å². The number of H-pyrrole nitrogens is 1. The summed E-state index contributed by atoms with van der Waals surface area (Å²) in [5, 5.41) is -0.0615. The lowest BCUT2D eigenvalue weighted by molar-refractivity contribution is 0.137. The lowest BCUT2D eigenvalue weighted by Gasteiger charge is -2.10. The second kappa shape index (κ2) is 7.84. The van der Waals surface area contributed by atoms with E-state index in [-0.39, 0.29) is 39.1 Å².